The molecule has 0 aliphatic carbocycles. The number of likely N-dealkylation sites (N-methyl/N-ethyl adjacent to an activating group) is 1. The predicted octanol–water partition coefficient (Wildman–Crippen LogP) is 2.50. The molecule has 0 bridgehead atoms. The monoisotopic (exact) mass is 602 g/mol. The lowest BCUT2D eigenvalue weighted by atomic mass is 10.1. The Balaban J connectivity index is 1.36. The fraction of sp³-hybridized carbons (Fsp3) is 0.542. The third-order valence-electron chi connectivity index (χ3n) is 6.66. The van der Waals surface area contributed by atoms with Crippen LogP contribution in [0.5, 0.6) is 0 Å². The number of carbonyl (C=O) groups excluding carboxylic acids is 3. The zero-order valence-corrected chi connectivity index (χ0v) is 24.4. The van der Waals surface area contributed by atoms with E-state index in [-0.39, 0.29) is 35.2 Å². The standard InChI is InChI=1S/C24H31ClN4O6S3/c1-27(15-22(31)35-2)13-16-5-3-12-29(16)21(30)14-28-11-4-6-17(24(28)32)26-38(33,34)23-10-8-19(37-23)18-7-9-20(25)36-18/h7-10,16-17,26H,3-6,11-15H2,1-2H3/t16-,17-/m0/s1. The van der Waals surface area contributed by atoms with Gasteiger partial charge in [-0.05, 0) is 57.0 Å². The summed E-state index contributed by atoms with van der Waals surface area (Å²) in [6.45, 7) is 1.54. The van der Waals surface area contributed by atoms with E-state index in [9.17, 15) is 22.8 Å². The van der Waals surface area contributed by atoms with Gasteiger partial charge in [-0.1, -0.05) is 11.6 Å². The Bertz CT molecular complexity index is 1280. The number of piperidine rings is 1. The van der Waals surface area contributed by atoms with Gasteiger partial charge < -0.3 is 14.5 Å². The van der Waals surface area contributed by atoms with Gasteiger partial charge in [-0.2, -0.15) is 4.72 Å². The molecular weight excluding hydrogens is 572 g/mol. The van der Waals surface area contributed by atoms with E-state index >= 15 is 0 Å². The zero-order valence-electron chi connectivity index (χ0n) is 21.2. The van der Waals surface area contributed by atoms with Crippen LogP contribution in [0.15, 0.2) is 28.5 Å². The lowest BCUT2D eigenvalue weighted by molar-refractivity contribution is -0.144. The minimum atomic E-state index is -3.92. The molecule has 208 valence electrons. The van der Waals surface area contributed by atoms with Gasteiger partial charge in [0.05, 0.1) is 24.5 Å². The molecule has 0 aromatic carbocycles. The molecule has 38 heavy (non-hydrogen) atoms. The molecule has 2 fully saturated rings. The van der Waals surface area contributed by atoms with Gasteiger partial charge >= 0.3 is 5.97 Å². The van der Waals surface area contributed by atoms with Crippen LogP contribution in [0.2, 0.25) is 4.34 Å². The van der Waals surface area contributed by atoms with E-state index in [2.05, 4.69) is 4.72 Å². The summed E-state index contributed by atoms with van der Waals surface area (Å²) in [4.78, 5) is 44.6. The van der Waals surface area contributed by atoms with Crippen molar-refractivity contribution in [3.63, 3.8) is 0 Å². The molecular formula is C24H31ClN4O6S3. The van der Waals surface area contributed by atoms with E-state index < -0.39 is 22.0 Å². The van der Waals surface area contributed by atoms with Gasteiger partial charge in [0.15, 0.2) is 0 Å². The SMILES string of the molecule is COC(=O)CN(C)C[C@@H]1CCCN1C(=O)CN1CCC[C@H](NS(=O)(=O)c2ccc(-c3ccc(Cl)s3)s2)C1=O. The number of hydrogen-bond acceptors (Lipinski definition) is 9. The number of sulfonamides is 1. The van der Waals surface area contributed by atoms with E-state index in [1.165, 1.54) is 29.4 Å². The first-order chi connectivity index (χ1) is 18.1. The first kappa shape index (κ1) is 29.0. The van der Waals surface area contributed by atoms with Gasteiger partial charge in [0, 0.05) is 35.4 Å². The molecule has 2 atom stereocenters. The van der Waals surface area contributed by atoms with Gasteiger partial charge in [-0.25, -0.2) is 8.42 Å². The Morgan fingerprint density at radius 2 is 1.84 bits per heavy atom. The quantitative estimate of drug-likeness (QED) is 0.415. The summed E-state index contributed by atoms with van der Waals surface area (Å²) >= 11 is 8.48. The summed E-state index contributed by atoms with van der Waals surface area (Å²) in [6, 6.07) is 5.86. The first-order valence-corrected chi connectivity index (χ1v) is 15.8. The van der Waals surface area contributed by atoms with Crippen LogP contribution in [0.4, 0.5) is 0 Å². The van der Waals surface area contributed by atoms with Crippen molar-refractivity contribution in [1.82, 2.24) is 19.4 Å². The number of nitrogens with one attached hydrogen (secondary N) is 1. The van der Waals surface area contributed by atoms with Crippen LogP contribution < -0.4 is 4.72 Å². The summed E-state index contributed by atoms with van der Waals surface area (Å²) in [7, 11) is -0.784. The molecule has 2 aromatic heterocycles. The average Bonchev–Trinajstić information content (AvgIpc) is 3.62. The number of esters is 1. The van der Waals surface area contributed by atoms with Crippen LogP contribution in [-0.2, 0) is 29.1 Å². The number of methoxy groups -OCH3 is 1. The van der Waals surface area contributed by atoms with Gasteiger partial charge in [0.2, 0.25) is 11.8 Å². The number of ether oxygens (including phenoxy) is 1. The molecule has 0 radical (unpaired) electrons. The van der Waals surface area contributed by atoms with E-state index in [1.54, 1.807) is 24.1 Å². The number of amides is 2. The van der Waals surface area contributed by atoms with Crippen molar-refractivity contribution in [2.24, 2.45) is 0 Å². The Morgan fingerprint density at radius 1 is 1.13 bits per heavy atom. The highest BCUT2D eigenvalue weighted by molar-refractivity contribution is 7.91. The number of halogens is 1. The second-order valence-electron chi connectivity index (χ2n) is 9.45. The highest BCUT2D eigenvalue weighted by Gasteiger charge is 2.36. The second kappa shape index (κ2) is 12.4. The Kier molecular flexibility index (Phi) is 9.48. The summed E-state index contributed by atoms with van der Waals surface area (Å²) in [6.07, 6.45) is 2.61. The van der Waals surface area contributed by atoms with Gasteiger partial charge in [0.25, 0.3) is 10.0 Å². The lowest BCUT2D eigenvalue weighted by Gasteiger charge is -2.34. The molecule has 2 amide bonds. The summed E-state index contributed by atoms with van der Waals surface area (Å²) in [5, 5.41) is 0. The number of hydrogen-bond donors (Lipinski definition) is 1. The molecule has 2 saturated heterocycles. The number of likely N-dealkylation sites (tertiary alicyclic amines) is 2. The molecule has 4 rings (SSSR count). The lowest BCUT2D eigenvalue weighted by Crippen LogP contribution is -2.55. The maximum Gasteiger partial charge on any atom is 0.319 e. The fourth-order valence-electron chi connectivity index (χ4n) is 4.81. The third kappa shape index (κ3) is 6.93. The van der Waals surface area contributed by atoms with Gasteiger partial charge in [-0.15, -0.1) is 22.7 Å². The van der Waals surface area contributed by atoms with Crippen LogP contribution in [0.3, 0.4) is 0 Å². The maximum atomic E-state index is 13.2. The average molecular weight is 603 g/mol. The van der Waals surface area contributed by atoms with Gasteiger partial charge in [-0.3, -0.25) is 19.3 Å². The normalized spacial score (nSPS) is 20.4. The van der Waals surface area contributed by atoms with E-state index in [4.69, 9.17) is 16.3 Å². The van der Waals surface area contributed by atoms with E-state index in [0.717, 1.165) is 33.9 Å². The largest absolute Gasteiger partial charge is 0.468 e. The molecule has 0 unspecified atom stereocenters. The van der Waals surface area contributed by atoms with Crippen molar-refractivity contribution in [3.8, 4) is 9.75 Å². The molecule has 2 aromatic rings. The smallest absolute Gasteiger partial charge is 0.319 e. The van der Waals surface area contributed by atoms with Crippen molar-refractivity contribution in [3.05, 3.63) is 28.6 Å². The molecule has 1 N–H and O–H groups in total. The van der Waals surface area contributed by atoms with Crippen LogP contribution in [-0.4, -0.2) is 99.9 Å². The Morgan fingerprint density at radius 3 is 2.55 bits per heavy atom. The van der Waals surface area contributed by atoms with Gasteiger partial charge in [0.1, 0.15) is 10.3 Å². The topological polar surface area (TPSA) is 116 Å². The van der Waals surface area contributed by atoms with E-state index in [1.807, 2.05) is 11.0 Å². The van der Waals surface area contributed by atoms with Crippen LogP contribution in [0.25, 0.3) is 9.75 Å². The van der Waals surface area contributed by atoms with Crippen molar-refractivity contribution < 1.29 is 27.5 Å². The fourth-order valence-corrected chi connectivity index (χ4v) is 8.49. The van der Waals surface area contributed by atoms with Crippen molar-refractivity contribution in [1.29, 1.82) is 0 Å². The summed E-state index contributed by atoms with van der Waals surface area (Å²) in [5.74, 6) is -0.910. The molecule has 14 heteroatoms. The van der Waals surface area contributed by atoms with Crippen molar-refractivity contribution in [2.75, 3.05) is 46.9 Å². The predicted molar refractivity (Wildman–Crippen MR) is 147 cm³/mol. The summed E-state index contributed by atoms with van der Waals surface area (Å²) in [5.41, 5.74) is 0. The molecule has 2 aliphatic heterocycles. The second-order valence-corrected chi connectivity index (χ2v) is 14.2. The van der Waals surface area contributed by atoms with Crippen LogP contribution >= 0.6 is 34.3 Å². The minimum Gasteiger partial charge on any atom is -0.468 e. The van der Waals surface area contributed by atoms with E-state index in [0.29, 0.717) is 36.8 Å². The van der Waals surface area contributed by atoms with Crippen molar-refractivity contribution >= 4 is 62.1 Å². The molecule has 2 aliphatic rings. The maximum absolute atomic E-state index is 13.2. The molecule has 0 spiro atoms. The number of rotatable bonds is 10. The number of thiophene rings is 2. The Labute approximate surface area is 235 Å². The number of nitrogens with zero attached hydrogens (tertiary/aromatic N) is 3. The third-order valence-corrected chi connectivity index (χ3v) is 11.1. The summed E-state index contributed by atoms with van der Waals surface area (Å²) < 4.78 is 34.1. The highest BCUT2D eigenvalue weighted by atomic mass is 35.5. The van der Waals surface area contributed by atoms with Crippen LogP contribution in [0.1, 0.15) is 25.7 Å². The molecule has 4 heterocycles. The first-order valence-electron chi connectivity index (χ1n) is 12.3. The minimum absolute atomic E-state index is 0.0578. The molecule has 10 nitrogen and oxygen atoms in total. The molecule has 0 saturated carbocycles. The zero-order chi connectivity index (χ0) is 27.4. The van der Waals surface area contributed by atoms with Crippen molar-refractivity contribution in [2.45, 2.75) is 42.0 Å². The number of carbonyl (C=O) groups is 3. The Hall–Kier alpha value is -2.03. The highest BCUT2D eigenvalue weighted by Crippen LogP contribution is 2.37. The van der Waals surface area contributed by atoms with Crippen LogP contribution in [0, 0.1) is 0 Å².